The molecule has 1 aliphatic rings. The van der Waals surface area contributed by atoms with Crippen molar-refractivity contribution in [3.8, 4) is 0 Å². The number of carbonyl (C=O) groups excluding carboxylic acids is 1. The Morgan fingerprint density at radius 3 is 2.95 bits per heavy atom. The number of rotatable bonds is 4. The van der Waals surface area contributed by atoms with Crippen molar-refractivity contribution in [2.45, 2.75) is 38.8 Å². The van der Waals surface area contributed by atoms with Gasteiger partial charge in [0.1, 0.15) is 11.6 Å². The lowest BCUT2D eigenvalue weighted by molar-refractivity contribution is 0.0957. The first-order valence-corrected chi connectivity index (χ1v) is 7.44. The summed E-state index contributed by atoms with van der Waals surface area (Å²) in [6, 6.07) is 3.66. The first kappa shape index (κ1) is 14.4. The summed E-state index contributed by atoms with van der Waals surface area (Å²) >= 11 is 0. The molecule has 0 fully saturated rings. The van der Waals surface area contributed by atoms with Gasteiger partial charge >= 0.3 is 0 Å². The number of hydrogen-bond acceptors (Lipinski definition) is 6. The summed E-state index contributed by atoms with van der Waals surface area (Å²) in [7, 11) is 1.57. The number of anilines is 1. The maximum atomic E-state index is 11.4. The lowest BCUT2D eigenvalue weighted by Crippen LogP contribution is -2.32. The predicted octanol–water partition coefficient (Wildman–Crippen LogP) is 0.417. The summed E-state index contributed by atoms with van der Waals surface area (Å²) in [5, 5.41) is 18.3. The van der Waals surface area contributed by atoms with Crippen molar-refractivity contribution in [3.63, 3.8) is 0 Å². The van der Waals surface area contributed by atoms with Crippen LogP contribution in [-0.4, -0.2) is 44.0 Å². The second kappa shape index (κ2) is 6.08. The van der Waals surface area contributed by atoms with Crippen molar-refractivity contribution in [3.05, 3.63) is 29.5 Å². The number of carbonyl (C=O) groups is 1. The Labute approximate surface area is 128 Å². The third-order valence-electron chi connectivity index (χ3n) is 3.69. The molecule has 2 aromatic rings. The van der Waals surface area contributed by atoms with Crippen LogP contribution in [0.5, 0.6) is 0 Å². The normalized spacial score (nSPS) is 16.9. The fraction of sp³-hybridized carbons (Fsp3) is 0.500. The number of amides is 1. The molecule has 3 rings (SSSR count). The van der Waals surface area contributed by atoms with Gasteiger partial charge in [-0.25, -0.2) is 9.67 Å². The highest BCUT2D eigenvalue weighted by Gasteiger charge is 2.21. The molecular weight excluding hydrogens is 282 g/mol. The molecule has 1 atom stereocenters. The number of aromatic nitrogens is 5. The van der Waals surface area contributed by atoms with E-state index in [1.165, 1.54) is 0 Å². The van der Waals surface area contributed by atoms with Gasteiger partial charge in [0.05, 0.1) is 6.54 Å². The number of fused-ring (bicyclic) bond motifs is 1. The quantitative estimate of drug-likeness (QED) is 0.849. The summed E-state index contributed by atoms with van der Waals surface area (Å²) in [6.45, 7) is 2.82. The van der Waals surface area contributed by atoms with Crippen LogP contribution in [0.1, 0.15) is 35.5 Å². The van der Waals surface area contributed by atoms with Crippen LogP contribution in [0.25, 0.3) is 0 Å². The maximum absolute atomic E-state index is 11.4. The largest absolute Gasteiger partial charge is 0.364 e. The van der Waals surface area contributed by atoms with Gasteiger partial charge in [-0.3, -0.25) is 4.79 Å². The second-order valence-electron chi connectivity index (χ2n) is 5.24. The molecule has 3 heterocycles. The molecule has 0 saturated heterocycles. The van der Waals surface area contributed by atoms with Crippen molar-refractivity contribution in [2.75, 3.05) is 12.4 Å². The monoisotopic (exact) mass is 301 g/mol. The molecule has 0 saturated carbocycles. The lowest BCUT2D eigenvalue weighted by Gasteiger charge is -2.23. The Hall–Kier alpha value is -2.51. The van der Waals surface area contributed by atoms with Crippen LogP contribution in [0.3, 0.4) is 0 Å². The van der Waals surface area contributed by atoms with E-state index < -0.39 is 0 Å². The third-order valence-corrected chi connectivity index (χ3v) is 3.69. The summed E-state index contributed by atoms with van der Waals surface area (Å²) < 4.78 is 1.96. The molecule has 116 valence electrons. The van der Waals surface area contributed by atoms with Crippen LogP contribution < -0.4 is 10.6 Å². The molecule has 0 spiro atoms. The van der Waals surface area contributed by atoms with E-state index in [2.05, 4.69) is 37.8 Å². The standard InChI is InChI=1S/C14H19N7O/c1-3-11-17-13-7-4-9(8-21(13)20-11)16-12-6-5-10(18-19-12)14(22)15-2/h5-6,9H,3-4,7-8H2,1-2H3,(H,15,22)(H,16,19). The Morgan fingerprint density at radius 2 is 2.27 bits per heavy atom. The van der Waals surface area contributed by atoms with Gasteiger partial charge in [-0.05, 0) is 18.6 Å². The minimum absolute atomic E-state index is 0.235. The van der Waals surface area contributed by atoms with E-state index in [1.54, 1.807) is 19.2 Å². The van der Waals surface area contributed by atoms with Gasteiger partial charge < -0.3 is 10.6 Å². The van der Waals surface area contributed by atoms with Gasteiger partial charge in [-0.2, -0.15) is 5.10 Å². The maximum Gasteiger partial charge on any atom is 0.271 e. The lowest BCUT2D eigenvalue weighted by atomic mass is 10.1. The zero-order chi connectivity index (χ0) is 15.5. The Balaban J connectivity index is 1.65. The highest BCUT2D eigenvalue weighted by atomic mass is 16.1. The molecule has 8 heteroatoms. The SMILES string of the molecule is CCc1nc2n(n1)CC(Nc1ccc(C(=O)NC)nn1)CC2. The topological polar surface area (TPSA) is 97.6 Å². The van der Waals surface area contributed by atoms with Crippen molar-refractivity contribution in [2.24, 2.45) is 0 Å². The number of nitrogens with one attached hydrogen (secondary N) is 2. The molecular formula is C14H19N7O. The van der Waals surface area contributed by atoms with Crippen molar-refractivity contribution in [1.29, 1.82) is 0 Å². The van der Waals surface area contributed by atoms with Gasteiger partial charge in [0.2, 0.25) is 0 Å². The summed E-state index contributed by atoms with van der Waals surface area (Å²) in [5.41, 5.74) is 0.308. The van der Waals surface area contributed by atoms with Crippen molar-refractivity contribution >= 4 is 11.7 Å². The van der Waals surface area contributed by atoms with E-state index in [0.717, 1.165) is 37.5 Å². The molecule has 8 nitrogen and oxygen atoms in total. The van der Waals surface area contributed by atoms with E-state index in [-0.39, 0.29) is 11.9 Å². The minimum Gasteiger partial charge on any atom is -0.364 e. The van der Waals surface area contributed by atoms with Crippen LogP contribution in [0.4, 0.5) is 5.82 Å². The highest BCUT2D eigenvalue weighted by Crippen LogP contribution is 2.16. The average molecular weight is 301 g/mol. The van der Waals surface area contributed by atoms with Crippen LogP contribution >= 0.6 is 0 Å². The van der Waals surface area contributed by atoms with E-state index in [4.69, 9.17) is 0 Å². The first-order chi connectivity index (χ1) is 10.7. The molecule has 2 N–H and O–H groups in total. The summed E-state index contributed by atoms with van der Waals surface area (Å²) in [5.74, 6) is 2.37. The first-order valence-electron chi connectivity index (χ1n) is 7.44. The van der Waals surface area contributed by atoms with E-state index >= 15 is 0 Å². The molecule has 22 heavy (non-hydrogen) atoms. The van der Waals surface area contributed by atoms with Crippen LogP contribution in [0, 0.1) is 0 Å². The van der Waals surface area contributed by atoms with Gasteiger partial charge in [0.25, 0.3) is 5.91 Å². The second-order valence-corrected chi connectivity index (χ2v) is 5.24. The minimum atomic E-state index is -0.240. The molecule has 0 radical (unpaired) electrons. The zero-order valence-electron chi connectivity index (χ0n) is 12.7. The Bertz CT molecular complexity index is 664. The predicted molar refractivity (Wildman–Crippen MR) is 80.6 cm³/mol. The fourth-order valence-corrected chi connectivity index (χ4v) is 2.50. The molecule has 0 aromatic carbocycles. The van der Waals surface area contributed by atoms with Gasteiger partial charge in [0, 0.05) is 25.9 Å². The number of aryl methyl sites for hydroxylation is 2. The summed E-state index contributed by atoms with van der Waals surface area (Å²) in [4.78, 5) is 15.9. The Morgan fingerprint density at radius 1 is 1.41 bits per heavy atom. The van der Waals surface area contributed by atoms with Crippen molar-refractivity contribution in [1.82, 2.24) is 30.3 Å². The van der Waals surface area contributed by atoms with Gasteiger partial charge in [-0.1, -0.05) is 6.92 Å². The molecule has 1 unspecified atom stereocenters. The van der Waals surface area contributed by atoms with Crippen molar-refractivity contribution < 1.29 is 4.79 Å². The molecule has 1 aliphatic heterocycles. The van der Waals surface area contributed by atoms with Crippen LogP contribution in [-0.2, 0) is 19.4 Å². The number of nitrogens with zero attached hydrogens (tertiary/aromatic N) is 5. The smallest absolute Gasteiger partial charge is 0.271 e. The van der Waals surface area contributed by atoms with E-state index in [1.807, 2.05) is 4.68 Å². The molecule has 0 bridgehead atoms. The molecule has 0 aliphatic carbocycles. The molecule has 1 amide bonds. The average Bonchev–Trinajstić information content (AvgIpc) is 2.97. The zero-order valence-corrected chi connectivity index (χ0v) is 12.7. The fourth-order valence-electron chi connectivity index (χ4n) is 2.50. The van der Waals surface area contributed by atoms with Gasteiger partial charge in [-0.15, -0.1) is 10.2 Å². The van der Waals surface area contributed by atoms with E-state index in [0.29, 0.717) is 11.5 Å². The Kier molecular flexibility index (Phi) is 3.99. The van der Waals surface area contributed by atoms with Crippen LogP contribution in [0.2, 0.25) is 0 Å². The van der Waals surface area contributed by atoms with Crippen LogP contribution in [0.15, 0.2) is 12.1 Å². The van der Waals surface area contributed by atoms with Gasteiger partial charge in [0.15, 0.2) is 11.5 Å². The van der Waals surface area contributed by atoms with E-state index in [9.17, 15) is 4.79 Å². The number of hydrogen-bond donors (Lipinski definition) is 2. The third kappa shape index (κ3) is 2.90. The highest BCUT2D eigenvalue weighted by molar-refractivity contribution is 5.91. The molecule has 2 aromatic heterocycles. The summed E-state index contributed by atoms with van der Waals surface area (Å²) in [6.07, 6.45) is 2.72.